The van der Waals surface area contributed by atoms with Crippen LogP contribution in [0.25, 0.3) is 0 Å². The monoisotopic (exact) mass is 261 g/mol. The van der Waals surface area contributed by atoms with Crippen LogP contribution in [0.2, 0.25) is 0 Å². The Bertz CT molecular complexity index is 355. The van der Waals surface area contributed by atoms with Gasteiger partial charge in [-0.1, -0.05) is 43.7 Å². The fourth-order valence-electron chi connectivity index (χ4n) is 3.00. The average molecular weight is 261 g/mol. The maximum atomic E-state index is 10.5. The van der Waals surface area contributed by atoms with E-state index in [9.17, 15) is 5.11 Å². The van der Waals surface area contributed by atoms with Crippen molar-refractivity contribution in [1.82, 2.24) is 5.32 Å². The van der Waals surface area contributed by atoms with Gasteiger partial charge in [-0.15, -0.1) is 0 Å². The van der Waals surface area contributed by atoms with E-state index in [2.05, 4.69) is 36.5 Å². The second-order valence-electron chi connectivity index (χ2n) is 5.99. The van der Waals surface area contributed by atoms with E-state index in [-0.39, 0.29) is 0 Å². The Labute approximate surface area is 117 Å². The van der Waals surface area contributed by atoms with Gasteiger partial charge in [0.15, 0.2) is 0 Å². The number of hydrogen-bond donors (Lipinski definition) is 2. The lowest BCUT2D eigenvalue weighted by atomic mass is 9.78. The SMILES string of the molecule is CCC1CCC(O)(CNCCc2ccccc2)CC1. The van der Waals surface area contributed by atoms with Crippen LogP contribution in [0.4, 0.5) is 0 Å². The van der Waals surface area contributed by atoms with Crippen LogP contribution in [0.15, 0.2) is 30.3 Å². The molecular formula is C17H27NO. The Morgan fingerprint density at radius 1 is 1.21 bits per heavy atom. The van der Waals surface area contributed by atoms with Gasteiger partial charge in [-0.05, 0) is 50.1 Å². The molecule has 0 bridgehead atoms. The number of rotatable bonds is 6. The van der Waals surface area contributed by atoms with Gasteiger partial charge >= 0.3 is 0 Å². The average Bonchev–Trinajstić information content (AvgIpc) is 2.46. The highest BCUT2D eigenvalue weighted by Crippen LogP contribution is 2.33. The predicted molar refractivity (Wildman–Crippen MR) is 80.2 cm³/mol. The third kappa shape index (κ3) is 4.63. The summed E-state index contributed by atoms with van der Waals surface area (Å²) in [5.41, 5.74) is 0.902. The van der Waals surface area contributed by atoms with Gasteiger partial charge in [-0.2, -0.15) is 0 Å². The van der Waals surface area contributed by atoms with Crippen molar-refractivity contribution in [2.24, 2.45) is 5.92 Å². The summed E-state index contributed by atoms with van der Waals surface area (Å²) in [5.74, 6) is 0.838. The minimum atomic E-state index is -0.456. The van der Waals surface area contributed by atoms with Crippen LogP contribution in [0.5, 0.6) is 0 Å². The summed E-state index contributed by atoms with van der Waals surface area (Å²) in [6.45, 7) is 3.95. The molecule has 1 aliphatic carbocycles. The third-order valence-corrected chi connectivity index (χ3v) is 4.50. The van der Waals surface area contributed by atoms with Crippen LogP contribution >= 0.6 is 0 Å². The molecule has 0 aromatic heterocycles. The van der Waals surface area contributed by atoms with Crippen molar-refractivity contribution in [2.75, 3.05) is 13.1 Å². The molecule has 0 spiro atoms. The minimum Gasteiger partial charge on any atom is -0.389 e. The molecule has 1 saturated carbocycles. The molecule has 0 heterocycles. The Morgan fingerprint density at radius 3 is 2.53 bits per heavy atom. The zero-order valence-corrected chi connectivity index (χ0v) is 12.1. The highest BCUT2D eigenvalue weighted by atomic mass is 16.3. The molecule has 106 valence electrons. The van der Waals surface area contributed by atoms with E-state index in [1.165, 1.54) is 24.8 Å². The summed E-state index contributed by atoms with van der Waals surface area (Å²) in [6, 6.07) is 10.5. The van der Waals surface area contributed by atoms with Crippen LogP contribution in [-0.4, -0.2) is 23.8 Å². The zero-order valence-electron chi connectivity index (χ0n) is 12.1. The summed E-state index contributed by atoms with van der Waals surface area (Å²) < 4.78 is 0. The van der Waals surface area contributed by atoms with E-state index in [1.807, 2.05) is 6.07 Å². The van der Waals surface area contributed by atoms with E-state index in [0.29, 0.717) is 0 Å². The lowest BCUT2D eigenvalue weighted by molar-refractivity contribution is -0.00835. The molecule has 2 rings (SSSR count). The molecule has 1 aromatic carbocycles. The van der Waals surface area contributed by atoms with Crippen molar-refractivity contribution in [3.05, 3.63) is 35.9 Å². The van der Waals surface area contributed by atoms with Gasteiger partial charge in [-0.25, -0.2) is 0 Å². The Kier molecular flexibility index (Phi) is 5.41. The second kappa shape index (κ2) is 7.06. The van der Waals surface area contributed by atoms with Gasteiger partial charge in [0.1, 0.15) is 0 Å². The first-order valence-corrected chi connectivity index (χ1v) is 7.69. The number of aliphatic hydroxyl groups is 1. The molecule has 1 aromatic rings. The fourth-order valence-corrected chi connectivity index (χ4v) is 3.00. The Hall–Kier alpha value is -0.860. The van der Waals surface area contributed by atoms with Crippen LogP contribution < -0.4 is 5.32 Å². The molecule has 0 radical (unpaired) electrons. The van der Waals surface area contributed by atoms with Crippen molar-refractivity contribution < 1.29 is 5.11 Å². The van der Waals surface area contributed by atoms with Crippen molar-refractivity contribution in [1.29, 1.82) is 0 Å². The molecule has 1 aliphatic rings. The van der Waals surface area contributed by atoms with Crippen LogP contribution in [0, 0.1) is 5.92 Å². The third-order valence-electron chi connectivity index (χ3n) is 4.50. The lowest BCUT2D eigenvalue weighted by Gasteiger charge is -2.36. The quantitative estimate of drug-likeness (QED) is 0.771. The summed E-state index contributed by atoms with van der Waals surface area (Å²) in [4.78, 5) is 0. The molecular weight excluding hydrogens is 234 g/mol. The molecule has 19 heavy (non-hydrogen) atoms. The van der Waals surface area contributed by atoms with Crippen LogP contribution in [0.3, 0.4) is 0 Å². The first kappa shape index (κ1) is 14.5. The van der Waals surface area contributed by atoms with Gasteiger partial charge in [0.05, 0.1) is 5.60 Å². The van der Waals surface area contributed by atoms with Gasteiger partial charge in [0.25, 0.3) is 0 Å². The van der Waals surface area contributed by atoms with E-state index >= 15 is 0 Å². The normalized spacial score (nSPS) is 27.4. The van der Waals surface area contributed by atoms with Gasteiger partial charge in [0, 0.05) is 6.54 Å². The van der Waals surface area contributed by atoms with Gasteiger partial charge < -0.3 is 10.4 Å². The van der Waals surface area contributed by atoms with Gasteiger partial charge in [0.2, 0.25) is 0 Å². The standard InChI is InChI=1S/C17H27NO/c1-2-15-8-11-17(19,12-9-15)14-18-13-10-16-6-4-3-5-7-16/h3-7,15,18-19H,2,8-14H2,1H3. The molecule has 0 aliphatic heterocycles. The van der Waals surface area contributed by atoms with E-state index in [4.69, 9.17) is 0 Å². The largest absolute Gasteiger partial charge is 0.389 e. The van der Waals surface area contributed by atoms with E-state index in [1.54, 1.807) is 0 Å². The molecule has 0 atom stereocenters. The van der Waals surface area contributed by atoms with Crippen molar-refractivity contribution in [3.63, 3.8) is 0 Å². The van der Waals surface area contributed by atoms with Crippen molar-refractivity contribution in [2.45, 2.75) is 51.0 Å². The number of nitrogens with one attached hydrogen (secondary N) is 1. The topological polar surface area (TPSA) is 32.3 Å². The fraction of sp³-hybridized carbons (Fsp3) is 0.647. The lowest BCUT2D eigenvalue weighted by Crippen LogP contribution is -2.44. The summed E-state index contributed by atoms with van der Waals surface area (Å²) >= 11 is 0. The van der Waals surface area contributed by atoms with Crippen LogP contribution in [-0.2, 0) is 6.42 Å². The van der Waals surface area contributed by atoms with Crippen molar-refractivity contribution in [3.8, 4) is 0 Å². The summed E-state index contributed by atoms with van der Waals surface area (Å²) in [6.07, 6.45) is 6.60. The molecule has 2 N–H and O–H groups in total. The summed E-state index contributed by atoms with van der Waals surface area (Å²) in [7, 11) is 0. The predicted octanol–water partition coefficient (Wildman–Crippen LogP) is 3.15. The van der Waals surface area contributed by atoms with Crippen LogP contribution in [0.1, 0.15) is 44.6 Å². The van der Waals surface area contributed by atoms with Crippen molar-refractivity contribution >= 4 is 0 Å². The maximum Gasteiger partial charge on any atom is 0.0771 e. The Balaban J connectivity index is 1.65. The number of benzene rings is 1. The van der Waals surface area contributed by atoms with E-state index < -0.39 is 5.60 Å². The molecule has 0 unspecified atom stereocenters. The zero-order chi connectivity index (χ0) is 13.6. The smallest absolute Gasteiger partial charge is 0.0771 e. The molecule has 0 amide bonds. The minimum absolute atomic E-state index is 0.456. The maximum absolute atomic E-state index is 10.5. The molecule has 2 nitrogen and oxygen atoms in total. The summed E-state index contributed by atoms with van der Waals surface area (Å²) in [5, 5.41) is 13.9. The molecule has 0 saturated heterocycles. The Morgan fingerprint density at radius 2 is 1.89 bits per heavy atom. The number of hydrogen-bond acceptors (Lipinski definition) is 2. The molecule has 1 fully saturated rings. The first-order chi connectivity index (χ1) is 9.22. The van der Waals surface area contributed by atoms with Gasteiger partial charge in [-0.3, -0.25) is 0 Å². The second-order valence-corrected chi connectivity index (χ2v) is 5.99. The molecule has 2 heteroatoms. The highest BCUT2D eigenvalue weighted by Gasteiger charge is 2.31. The van der Waals surface area contributed by atoms with E-state index in [0.717, 1.165) is 38.3 Å². The first-order valence-electron chi connectivity index (χ1n) is 7.69. The highest BCUT2D eigenvalue weighted by molar-refractivity contribution is 5.14.